The Morgan fingerprint density at radius 2 is 2.00 bits per heavy atom. The second-order valence-electron chi connectivity index (χ2n) is 6.75. The summed E-state index contributed by atoms with van der Waals surface area (Å²) in [4.78, 5) is 12.8. The molecule has 2 aromatic rings. The van der Waals surface area contributed by atoms with E-state index in [-0.39, 0.29) is 0 Å². The Balaban J connectivity index is 1.42. The first kappa shape index (κ1) is 17.0. The number of hydrogen-bond acceptors (Lipinski definition) is 6. The number of anilines is 1. The number of methoxy groups -OCH3 is 1. The highest BCUT2D eigenvalue weighted by molar-refractivity contribution is 5.50. The molecule has 138 valence electrons. The molecule has 6 nitrogen and oxygen atoms in total. The smallest absolute Gasteiger partial charge is 0.218 e. The molecule has 3 aliphatic heterocycles. The fraction of sp³-hybridized carbons (Fsp3) is 0.474. The lowest BCUT2D eigenvalue weighted by atomic mass is 9.86. The average Bonchev–Trinajstić information content (AvgIpc) is 2.66. The van der Waals surface area contributed by atoms with Gasteiger partial charge in [0.15, 0.2) is 0 Å². The maximum atomic E-state index is 13.8. The molecule has 0 amide bonds. The van der Waals surface area contributed by atoms with Crippen LogP contribution in [0, 0.1) is 5.95 Å². The molecule has 2 atom stereocenters. The molecule has 3 aliphatic rings. The van der Waals surface area contributed by atoms with E-state index in [4.69, 9.17) is 9.47 Å². The lowest BCUT2D eigenvalue weighted by Crippen LogP contribution is -2.68. The molecule has 3 saturated heterocycles. The summed E-state index contributed by atoms with van der Waals surface area (Å²) in [6.45, 7) is 5.00. The van der Waals surface area contributed by atoms with Crippen LogP contribution in [-0.2, 0) is 6.54 Å². The van der Waals surface area contributed by atoms with E-state index in [0.717, 1.165) is 25.3 Å². The first-order chi connectivity index (χ1) is 12.7. The minimum Gasteiger partial charge on any atom is -0.481 e. The van der Waals surface area contributed by atoms with Gasteiger partial charge in [0.25, 0.3) is 0 Å². The van der Waals surface area contributed by atoms with Crippen LogP contribution in [0.2, 0.25) is 0 Å². The number of fused-ring (bicyclic) bond motifs is 2. The summed E-state index contributed by atoms with van der Waals surface area (Å²) in [6.07, 6.45) is 3.06. The number of hydrogen-bond donors (Lipinski definition) is 0. The third-order valence-corrected chi connectivity index (χ3v) is 5.13. The van der Waals surface area contributed by atoms with E-state index >= 15 is 0 Å². The Bertz CT molecular complexity index is 759. The lowest BCUT2D eigenvalue weighted by molar-refractivity contribution is -0.00855. The van der Waals surface area contributed by atoms with Gasteiger partial charge in [-0.05, 0) is 18.9 Å². The molecule has 0 aliphatic carbocycles. The number of ether oxygens (including phenoxy) is 2. The number of nitrogens with zero attached hydrogens (tertiary/aromatic N) is 4. The molecule has 2 aromatic heterocycles. The quantitative estimate of drug-likeness (QED) is 0.740. The van der Waals surface area contributed by atoms with Gasteiger partial charge in [-0.25, -0.2) is 4.98 Å². The number of piperazine rings is 1. The predicted molar refractivity (Wildman–Crippen MR) is 96.1 cm³/mol. The minimum absolute atomic E-state index is 0.350. The highest BCUT2D eigenvalue weighted by Crippen LogP contribution is 2.36. The van der Waals surface area contributed by atoms with Crippen LogP contribution < -0.4 is 14.4 Å². The zero-order valence-electron chi connectivity index (χ0n) is 15.1. The van der Waals surface area contributed by atoms with Crippen LogP contribution in [0.4, 0.5) is 10.1 Å². The second-order valence-corrected chi connectivity index (χ2v) is 6.75. The predicted octanol–water partition coefficient (Wildman–Crippen LogP) is 2.49. The number of aromatic nitrogens is 2. The highest BCUT2D eigenvalue weighted by Gasteiger charge is 2.44. The molecular formula is C19H23FN4O2. The van der Waals surface area contributed by atoms with Gasteiger partial charge in [0.1, 0.15) is 0 Å². The summed E-state index contributed by atoms with van der Waals surface area (Å²) < 4.78 is 24.3. The van der Waals surface area contributed by atoms with Crippen molar-refractivity contribution in [3.63, 3.8) is 0 Å². The molecule has 5 heterocycles. The van der Waals surface area contributed by atoms with Crippen molar-refractivity contribution in [1.82, 2.24) is 14.9 Å². The standard InChI is InChI=1S/C19H23FN4O2/c1-3-26-19-8-14(7-17(20)22-19)23-11-15-6-16(12-23)24(15)10-13-4-5-18(25-2)21-9-13/h4-5,7-9,15-16H,3,6,10-12H2,1-2H3. The first-order valence-corrected chi connectivity index (χ1v) is 8.96. The van der Waals surface area contributed by atoms with Gasteiger partial charge in [0.05, 0.1) is 13.7 Å². The first-order valence-electron chi connectivity index (χ1n) is 8.96. The summed E-state index contributed by atoms with van der Waals surface area (Å²) >= 11 is 0. The Morgan fingerprint density at radius 1 is 1.19 bits per heavy atom. The van der Waals surface area contributed by atoms with Gasteiger partial charge in [-0.2, -0.15) is 9.37 Å². The molecular weight excluding hydrogens is 335 g/mol. The second kappa shape index (κ2) is 7.07. The van der Waals surface area contributed by atoms with Gasteiger partial charge in [0.2, 0.25) is 17.7 Å². The van der Waals surface area contributed by atoms with E-state index in [1.165, 1.54) is 18.1 Å². The Hall–Kier alpha value is -2.41. The zero-order chi connectivity index (χ0) is 18.1. The summed E-state index contributed by atoms with van der Waals surface area (Å²) in [5.74, 6) is 0.489. The Kier molecular flexibility index (Phi) is 4.63. The van der Waals surface area contributed by atoms with Gasteiger partial charge in [-0.15, -0.1) is 0 Å². The number of halogens is 1. The van der Waals surface area contributed by atoms with Crippen molar-refractivity contribution in [2.45, 2.75) is 32.0 Å². The fourth-order valence-electron chi connectivity index (χ4n) is 3.86. The molecule has 0 N–H and O–H groups in total. The van der Waals surface area contributed by atoms with Crippen LogP contribution in [0.1, 0.15) is 18.9 Å². The van der Waals surface area contributed by atoms with E-state index < -0.39 is 5.95 Å². The maximum Gasteiger partial charge on any atom is 0.218 e. The summed E-state index contributed by atoms with van der Waals surface area (Å²) in [5, 5.41) is 0. The molecule has 5 rings (SSSR count). The maximum absolute atomic E-state index is 13.8. The van der Waals surface area contributed by atoms with Crippen LogP contribution in [-0.4, -0.2) is 53.8 Å². The van der Waals surface area contributed by atoms with E-state index in [2.05, 4.69) is 25.8 Å². The van der Waals surface area contributed by atoms with Gasteiger partial charge in [-0.1, -0.05) is 6.07 Å². The highest BCUT2D eigenvalue weighted by atomic mass is 19.1. The summed E-state index contributed by atoms with van der Waals surface area (Å²) in [7, 11) is 1.62. The van der Waals surface area contributed by atoms with E-state index in [0.29, 0.717) is 30.5 Å². The van der Waals surface area contributed by atoms with Crippen molar-refractivity contribution in [2.24, 2.45) is 0 Å². The monoisotopic (exact) mass is 358 g/mol. The Labute approximate surface area is 152 Å². The van der Waals surface area contributed by atoms with Gasteiger partial charge >= 0.3 is 0 Å². The topological polar surface area (TPSA) is 50.7 Å². The van der Waals surface area contributed by atoms with Crippen molar-refractivity contribution >= 4 is 5.69 Å². The summed E-state index contributed by atoms with van der Waals surface area (Å²) in [6, 6.07) is 8.22. The minimum atomic E-state index is -0.494. The van der Waals surface area contributed by atoms with Crippen molar-refractivity contribution in [1.29, 1.82) is 0 Å². The van der Waals surface area contributed by atoms with Crippen LogP contribution in [0.25, 0.3) is 0 Å². The van der Waals surface area contributed by atoms with Crippen LogP contribution >= 0.6 is 0 Å². The molecule has 0 aromatic carbocycles. The van der Waals surface area contributed by atoms with Crippen molar-refractivity contribution < 1.29 is 13.9 Å². The van der Waals surface area contributed by atoms with Crippen LogP contribution in [0.15, 0.2) is 30.5 Å². The molecule has 0 radical (unpaired) electrons. The number of rotatable bonds is 6. The average molecular weight is 358 g/mol. The largest absolute Gasteiger partial charge is 0.481 e. The lowest BCUT2D eigenvalue weighted by Gasteiger charge is -2.57. The van der Waals surface area contributed by atoms with Crippen molar-refractivity contribution in [3.05, 3.63) is 42.0 Å². The van der Waals surface area contributed by atoms with Crippen LogP contribution in [0.5, 0.6) is 11.8 Å². The van der Waals surface area contributed by atoms with Gasteiger partial charge in [-0.3, -0.25) is 4.90 Å². The van der Waals surface area contributed by atoms with E-state index in [1.807, 2.05) is 25.3 Å². The number of piperidine rings is 1. The fourth-order valence-corrected chi connectivity index (χ4v) is 3.86. The summed E-state index contributed by atoms with van der Waals surface area (Å²) in [5.41, 5.74) is 2.03. The molecule has 0 saturated carbocycles. The molecule has 3 fully saturated rings. The zero-order valence-corrected chi connectivity index (χ0v) is 15.1. The van der Waals surface area contributed by atoms with E-state index in [1.54, 1.807) is 7.11 Å². The molecule has 7 heteroatoms. The third kappa shape index (κ3) is 3.31. The molecule has 2 unspecified atom stereocenters. The Morgan fingerprint density at radius 3 is 2.65 bits per heavy atom. The SMILES string of the molecule is CCOc1cc(N2CC3CC(C2)N3Cc2ccc(OC)nc2)cc(F)n1. The van der Waals surface area contributed by atoms with Gasteiger partial charge in [0, 0.05) is 61.8 Å². The van der Waals surface area contributed by atoms with Crippen molar-refractivity contribution in [2.75, 3.05) is 31.7 Å². The van der Waals surface area contributed by atoms with E-state index in [9.17, 15) is 4.39 Å². The van der Waals surface area contributed by atoms with Crippen LogP contribution in [0.3, 0.4) is 0 Å². The third-order valence-electron chi connectivity index (χ3n) is 5.13. The normalized spacial score (nSPS) is 22.0. The van der Waals surface area contributed by atoms with Crippen molar-refractivity contribution in [3.8, 4) is 11.8 Å². The molecule has 2 bridgehead atoms. The number of pyridine rings is 2. The van der Waals surface area contributed by atoms with Gasteiger partial charge < -0.3 is 14.4 Å². The molecule has 0 spiro atoms. The molecule has 26 heavy (non-hydrogen) atoms.